The highest BCUT2D eigenvalue weighted by molar-refractivity contribution is 5.93. The van der Waals surface area contributed by atoms with E-state index in [9.17, 15) is 24.3 Å². The standard InChI is InChI=1S/C25H39N3O7/c1-8-13-28(23(32)19(14-16(2)3)27-24(33)35-25(4,5)6)21(17-9-11-18(29)12-10-17)22(31)26-15-20(30)34-7/h9-12,16,19,21,29H,8,13-15H2,1-7H3,(H,26,31)(H,27,33). The van der Waals surface area contributed by atoms with Gasteiger partial charge >= 0.3 is 12.1 Å². The molecule has 0 saturated heterocycles. The summed E-state index contributed by atoms with van der Waals surface area (Å²) >= 11 is 0. The molecule has 1 aromatic carbocycles. The Morgan fingerprint density at radius 3 is 2.17 bits per heavy atom. The number of carbonyl (C=O) groups is 4. The molecule has 0 aliphatic heterocycles. The molecule has 2 unspecified atom stereocenters. The molecule has 0 spiro atoms. The first-order valence-electron chi connectivity index (χ1n) is 11.7. The minimum absolute atomic E-state index is 0.000105. The molecule has 10 nitrogen and oxygen atoms in total. The molecule has 1 aromatic rings. The van der Waals surface area contributed by atoms with Crippen molar-refractivity contribution in [2.45, 2.75) is 72.1 Å². The maximum atomic E-state index is 13.8. The maximum absolute atomic E-state index is 13.8. The van der Waals surface area contributed by atoms with Gasteiger partial charge in [0.15, 0.2) is 0 Å². The van der Waals surface area contributed by atoms with E-state index in [1.165, 1.54) is 36.3 Å². The second kappa shape index (κ2) is 13.6. The summed E-state index contributed by atoms with van der Waals surface area (Å²) in [6, 6.07) is 3.84. The van der Waals surface area contributed by atoms with Gasteiger partial charge in [-0.05, 0) is 57.2 Å². The van der Waals surface area contributed by atoms with Crippen LogP contribution >= 0.6 is 0 Å². The van der Waals surface area contributed by atoms with Crippen molar-refractivity contribution in [3.8, 4) is 5.75 Å². The van der Waals surface area contributed by atoms with E-state index in [1.807, 2.05) is 20.8 Å². The Balaban J connectivity index is 3.38. The minimum atomic E-state index is -1.11. The summed E-state index contributed by atoms with van der Waals surface area (Å²) < 4.78 is 9.94. The monoisotopic (exact) mass is 493 g/mol. The summed E-state index contributed by atoms with van der Waals surface area (Å²) in [6.07, 6.45) is 0.125. The first-order valence-corrected chi connectivity index (χ1v) is 11.7. The van der Waals surface area contributed by atoms with Gasteiger partial charge in [0, 0.05) is 6.54 Å². The van der Waals surface area contributed by atoms with Crippen molar-refractivity contribution in [3.63, 3.8) is 0 Å². The number of rotatable bonds is 11. The Kier molecular flexibility index (Phi) is 11.5. The van der Waals surface area contributed by atoms with E-state index in [-0.39, 0.29) is 24.8 Å². The van der Waals surface area contributed by atoms with Gasteiger partial charge in [0.1, 0.15) is 30.0 Å². The van der Waals surface area contributed by atoms with E-state index in [1.54, 1.807) is 20.8 Å². The molecule has 0 aromatic heterocycles. The number of phenolic OH excluding ortho intramolecular Hbond substituents is 1. The van der Waals surface area contributed by atoms with Gasteiger partial charge in [-0.2, -0.15) is 0 Å². The van der Waals surface area contributed by atoms with Crippen LogP contribution in [0.3, 0.4) is 0 Å². The summed E-state index contributed by atoms with van der Waals surface area (Å²) in [6.45, 7) is 10.7. The molecule has 3 N–H and O–H groups in total. The van der Waals surface area contributed by atoms with Crippen molar-refractivity contribution < 1.29 is 33.8 Å². The number of ether oxygens (including phenoxy) is 2. The van der Waals surface area contributed by atoms with Crippen LogP contribution in [0.1, 0.15) is 66.0 Å². The van der Waals surface area contributed by atoms with Gasteiger partial charge in [-0.25, -0.2) is 4.79 Å². The minimum Gasteiger partial charge on any atom is -0.508 e. The average Bonchev–Trinajstić information content (AvgIpc) is 2.75. The van der Waals surface area contributed by atoms with Crippen LogP contribution in [0, 0.1) is 5.92 Å². The van der Waals surface area contributed by atoms with Crippen molar-refractivity contribution in [3.05, 3.63) is 29.8 Å². The smallest absolute Gasteiger partial charge is 0.408 e. The number of methoxy groups -OCH3 is 1. The fraction of sp³-hybridized carbons (Fsp3) is 0.600. The highest BCUT2D eigenvalue weighted by atomic mass is 16.6. The van der Waals surface area contributed by atoms with E-state index in [0.717, 1.165) is 0 Å². The number of nitrogens with zero attached hydrogens (tertiary/aromatic N) is 1. The predicted octanol–water partition coefficient (Wildman–Crippen LogP) is 2.90. The van der Waals surface area contributed by atoms with Crippen molar-refractivity contribution in [2.24, 2.45) is 5.92 Å². The number of hydrogen-bond donors (Lipinski definition) is 3. The predicted molar refractivity (Wildman–Crippen MR) is 130 cm³/mol. The number of hydrogen-bond acceptors (Lipinski definition) is 7. The Hall–Kier alpha value is -3.30. The third-order valence-corrected chi connectivity index (χ3v) is 4.85. The summed E-state index contributed by atoms with van der Waals surface area (Å²) in [5, 5.41) is 14.9. The molecule has 0 radical (unpaired) electrons. The number of amides is 3. The van der Waals surface area contributed by atoms with Crippen LogP contribution in [0.4, 0.5) is 4.79 Å². The van der Waals surface area contributed by atoms with Crippen molar-refractivity contribution in [1.82, 2.24) is 15.5 Å². The zero-order valence-corrected chi connectivity index (χ0v) is 21.7. The molecule has 2 atom stereocenters. The fourth-order valence-corrected chi connectivity index (χ4v) is 3.41. The van der Waals surface area contributed by atoms with Gasteiger partial charge < -0.3 is 30.1 Å². The zero-order valence-electron chi connectivity index (χ0n) is 21.7. The second-order valence-corrected chi connectivity index (χ2v) is 9.65. The molecular formula is C25H39N3O7. The molecule has 0 heterocycles. The number of alkyl carbamates (subject to hydrolysis) is 1. The maximum Gasteiger partial charge on any atom is 0.408 e. The summed E-state index contributed by atoms with van der Waals surface area (Å²) in [5.41, 5.74) is -0.312. The molecule has 1 rings (SSSR count). The normalized spacial score (nSPS) is 12.9. The summed E-state index contributed by atoms with van der Waals surface area (Å²) in [7, 11) is 1.21. The Bertz CT molecular complexity index is 863. The van der Waals surface area contributed by atoms with Gasteiger partial charge in [-0.1, -0.05) is 32.9 Å². The highest BCUT2D eigenvalue weighted by Gasteiger charge is 2.36. The number of esters is 1. The van der Waals surface area contributed by atoms with Crippen LogP contribution < -0.4 is 10.6 Å². The Labute approximate surface area is 207 Å². The van der Waals surface area contributed by atoms with E-state index < -0.39 is 41.6 Å². The van der Waals surface area contributed by atoms with Gasteiger partial charge in [0.2, 0.25) is 11.8 Å². The lowest BCUT2D eigenvalue weighted by Gasteiger charge is -2.34. The molecule has 0 fully saturated rings. The van der Waals surface area contributed by atoms with Gasteiger partial charge in [0.05, 0.1) is 7.11 Å². The van der Waals surface area contributed by atoms with Crippen molar-refractivity contribution >= 4 is 23.9 Å². The molecule has 0 bridgehead atoms. The summed E-state index contributed by atoms with van der Waals surface area (Å²) in [4.78, 5) is 52.5. The Morgan fingerprint density at radius 1 is 1.09 bits per heavy atom. The molecule has 35 heavy (non-hydrogen) atoms. The molecule has 0 saturated carbocycles. The van der Waals surface area contributed by atoms with E-state index in [4.69, 9.17) is 4.74 Å². The molecular weight excluding hydrogens is 454 g/mol. The average molecular weight is 494 g/mol. The highest BCUT2D eigenvalue weighted by Crippen LogP contribution is 2.25. The Morgan fingerprint density at radius 2 is 1.69 bits per heavy atom. The van der Waals surface area contributed by atoms with Gasteiger partial charge in [-0.15, -0.1) is 0 Å². The lowest BCUT2D eigenvalue weighted by molar-refractivity contribution is -0.145. The first-order chi connectivity index (χ1) is 16.3. The van der Waals surface area contributed by atoms with Gasteiger partial charge in [0.25, 0.3) is 0 Å². The van der Waals surface area contributed by atoms with Crippen LogP contribution in [0.15, 0.2) is 24.3 Å². The molecule has 0 aliphatic rings. The zero-order chi connectivity index (χ0) is 26.8. The third kappa shape index (κ3) is 10.2. The molecule has 196 valence electrons. The molecule has 10 heteroatoms. The number of benzene rings is 1. The van der Waals surface area contributed by atoms with Crippen molar-refractivity contribution in [2.75, 3.05) is 20.2 Å². The van der Waals surface area contributed by atoms with E-state index in [2.05, 4.69) is 15.4 Å². The second-order valence-electron chi connectivity index (χ2n) is 9.65. The van der Waals surface area contributed by atoms with Gasteiger partial charge in [-0.3, -0.25) is 14.4 Å². The topological polar surface area (TPSA) is 134 Å². The number of nitrogens with one attached hydrogen (secondary N) is 2. The van der Waals surface area contributed by atoms with Crippen LogP contribution in [0.5, 0.6) is 5.75 Å². The fourth-order valence-electron chi connectivity index (χ4n) is 3.41. The SMILES string of the molecule is CCCN(C(=O)C(CC(C)C)NC(=O)OC(C)(C)C)C(C(=O)NCC(=O)OC)c1ccc(O)cc1. The number of aromatic hydroxyl groups is 1. The third-order valence-electron chi connectivity index (χ3n) is 4.85. The van der Waals surface area contributed by atoms with Crippen LogP contribution in [0.2, 0.25) is 0 Å². The summed E-state index contributed by atoms with van der Waals surface area (Å²) in [5.74, 6) is -1.63. The lowest BCUT2D eigenvalue weighted by Crippen LogP contribution is -2.53. The molecule has 3 amide bonds. The lowest BCUT2D eigenvalue weighted by atomic mass is 9.99. The molecule has 0 aliphatic carbocycles. The van der Waals surface area contributed by atoms with Crippen molar-refractivity contribution in [1.29, 1.82) is 0 Å². The van der Waals surface area contributed by atoms with Crippen LogP contribution in [-0.2, 0) is 23.9 Å². The quantitative estimate of drug-likeness (QED) is 0.404. The number of phenols is 1. The van der Waals surface area contributed by atoms with E-state index in [0.29, 0.717) is 18.4 Å². The van der Waals surface area contributed by atoms with E-state index >= 15 is 0 Å². The largest absolute Gasteiger partial charge is 0.508 e. The number of carbonyl (C=O) groups excluding carboxylic acids is 4. The van der Waals surface area contributed by atoms with Crippen LogP contribution in [0.25, 0.3) is 0 Å². The first kappa shape index (κ1) is 29.7. The van der Waals surface area contributed by atoms with Crippen LogP contribution in [-0.4, -0.2) is 65.7 Å².